The minimum Gasteiger partial charge on any atom is -0.398 e. The zero-order valence-electron chi connectivity index (χ0n) is 9.73. The van der Waals surface area contributed by atoms with Crippen LogP contribution in [0.4, 0.5) is 5.69 Å². The van der Waals surface area contributed by atoms with Gasteiger partial charge in [-0.05, 0) is 24.6 Å². The Morgan fingerprint density at radius 2 is 2.06 bits per heavy atom. The van der Waals surface area contributed by atoms with Crippen molar-refractivity contribution in [3.8, 4) is 0 Å². The molecule has 5 N–H and O–H groups in total. The summed E-state index contributed by atoms with van der Waals surface area (Å²) >= 11 is 5.86. The number of primary amides is 1. The third kappa shape index (κ3) is 3.59. The summed E-state index contributed by atoms with van der Waals surface area (Å²) in [5.74, 6) is -0.591. The van der Waals surface area contributed by atoms with Gasteiger partial charge >= 0.3 is 0 Å². The van der Waals surface area contributed by atoms with Crippen molar-refractivity contribution in [2.45, 2.75) is 18.2 Å². The number of sulfonamides is 1. The summed E-state index contributed by atoms with van der Waals surface area (Å²) in [6, 6.07) is 2.75. The molecule has 0 atom stereocenters. The summed E-state index contributed by atoms with van der Waals surface area (Å²) in [4.78, 5) is 10.4. The Morgan fingerprint density at radius 3 is 2.61 bits per heavy atom. The van der Waals surface area contributed by atoms with Crippen molar-refractivity contribution in [2.24, 2.45) is 5.73 Å². The Balaban J connectivity index is 2.98. The Kier molecular flexibility index (Phi) is 4.55. The van der Waals surface area contributed by atoms with Crippen molar-refractivity contribution in [3.05, 3.63) is 22.7 Å². The molecule has 0 fully saturated rings. The highest BCUT2D eigenvalue weighted by Gasteiger charge is 2.18. The molecule has 0 aromatic heterocycles. The van der Waals surface area contributed by atoms with Crippen LogP contribution in [0.1, 0.15) is 12.0 Å². The van der Waals surface area contributed by atoms with Gasteiger partial charge in [-0.3, -0.25) is 4.79 Å². The predicted octanol–water partition coefficient (Wildman–Crippen LogP) is 0.384. The average molecular weight is 292 g/mol. The topological polar surface area (TPSA) is 115 Å². The highest BCUT2D eigenvalue weighted by atomic mass is 35.5. The Morgan fingerprint density at radius 1 is 1.44 bits per heavy atom. The number of benzene rings is 1. The van der Waals surface area contributed by atoms with Crippen molar-refractivity contribution in [1.29, 1.82) is 0 Å². The maximum atomic E-state index is 11.9. The fourth-order valence-corrected chi connectivity index (χ4v) is 2.91. The molecule has 0 radical (unpaired) electrons. The van der Waals surface area contributed by atoms with Crippen molar-refractivity contribution in [1.82, 2.24) is 4.72 Å². The van der Waals surface area contributed by atoms with Crippen LogP contribution in [0, 0.1) is 6.92 Å². The molecule has 18 heavy (non-hydrogen) atoms. The second kappa shape index (κ2) is 5.55. The summed E-state index contributed by atoms with van der Waals surface area (Å²) in [6.07, 6.45) is -0.0851. The van der Waals surface area contributed by atoms with Crippen LogP contribution in [0.5, 0.6) is 0 Å². The van der Waals surface area contributed by atoms with Gasteiger partial charge in [-0.25, -0.2) is 13.1 Å². The molecular formula is C10H14ClN3O3S. The lowest BCUT2D eigenvalue weighted by atomic mass is 10.2. The van der Waals surface area contributed by atoms with Gasteiger partial charge in [-0.1, -0.05) is 11.6 Å². The number of halogens is 1. The van der Waals surface area contributed by atoms with E-state index in [1.54, 1.807) is 6.92 Å². The summed E-state index contributed by atoms with van der Waals surface area (Å²) in [7, 11) is -3.80. The normalized spacial score (nSPS) is 11.4. The SMILES string of the molecule is Cc1cc(Cl)c(S(=O)(=O)NCCC(N)=O)cc1N. The molecule has 0 saturated carbocycles. The maximum Gasteiger partial charge on any atom is 0.242 e. The molecule has 0 aliphatic rings. The van der Waals surface area contributed by atoms with E-state index in [-0.39, 0.29) is 22.9 Å². The molecular weight excluding hydrogens is 278 g/mol. The fraction of sp³-hybridized carbons (Fsp3) is 0.300. The van der Waals surface area contributed by atoms with Crippen molar-refractivity contribution in [2.75, 3.05) is 12.3 Å². The fourth-order valence-electron chi connectivity index (χ4n) is 1.26. The summed E-state index contributed by atoms with van der Waals surface area (Å²) < 4.78 is 26.0. The highest BCUT2D eigenvalue weighted by Crippen LogP contribution is 2.26. The minimum absolute atomic E-state index is 0.0771. The van der Waals surface area contributed by atoms with E-state index in [0.717, 1.165) is 0 Å². The third-order valence-corrected chi connectivity index (χ3v) is 4.20. The number of carbonyl (C=O) groups is 1. The van der Waals surface area contributed by atoms with Crippen LogP contribution in [-0.2, 0) is 14.8 Å². The van der Waals surface area contributed by atoms with Gasteiger partial charge in [0.05, 0.1) is 5.02 Å². The van der Waals surface area contributed by atoms with Gasteiger partial charge in [0.1, 0.15) is 4.90 Å². The van der Waals surface area contributed by atoms with E-state index in [9.17, 15) is 13.2 Å². The van der Waals surface area contributed by atoms with Crippen LogP contribution >= 0.6 is 11.6 Å². The monoisotopic (exact) mass is 291 g/mol. The molecule has 8 heteroatoms. The van der Waals surface area contributed by atoms with E-state index in [2.05, 4.69) is 4.72 Å². The standard InChI is InChI=1S/C10H14ClN3O3S/c1-6-4-7(11)9(5-8(6)12)18(16,17)14-3-2-10(13)15/h4-5,14H,2-3,12H2,1H3,(H2,13,15). The Bertz CT molecular complexity index is 572. The smallest absolute Gasteiger partial charge is 0.242 e. The lowest BCUT2D eigenvalue weighted by Gasteiger charge is -2.10. The number of nitrogens with two attached hydrogens (primary N) is 2. The van der Waals surface area contributed by atoms with Crippen molar-refractivity contribution >= 4 is 33.2 Å². The van der Waals surface area contributed by atoms with Crippen LogP contribution in [0.15, 0.2) is 17.0 Å². The van der Waals surface area contributed by atoms with Gasteiger partial charge in [0, 0.05) is 18.7 Å². The number of aryl methyl sites for hydroxylation is 1. The number of hydrogen-bond donors (Lipinski definition) is 3. The van der Waals surface area contributed by atoms with Gasteiger partial charge < -0.3 is 11.5 Å². The Hall–Kier alpha value is -1.31. The molecule has 6 nitrogen and oxygen atoms in total. The second-order valence-corrected chi connectivity index (χ2v) is 5.90. The van der Waals surface area contributed by atoms with E-state index in [1.165, 1.54) is 12.1 Å². The molecule has 100 valence electrons. The molecule has 1 rings (SSSR count). The number of nitrogen functional groups attached to an aromatic ring is 1. The first kappa shape index (κ1) is 14.7. The maximum absolute atomic E-state index is 11.9. The van der Waals surface area contributed by atoms with E-state index in [0.29, 0.717) is 11.3 Å². The second-order valence-electron chi connectivity index (χ2n) is 3.75. The van der Waals surface area contributed by atoms with Gasteiger partial charge in [-0.2, -0.15) is 0 Å². The quantitative estimate of drug-likeness (QED) is 0.680. The zero-order chi connectivity index (χ0) is 13.9. The van der Waals surface area contributed by atoms with Crippen LogP contribution < -0.4 is 16.2 Å². The molecule has 1 aromatic rings. The van der Waals surface area contributed by atoms with Crippen LogP contribution in [0.3, 0.4) is 0 Å². The van der Waals surface area contributed by atoms with Crippen LogP contribution in [0.25, 0.3) is 0 Å². The summed E-state index contributed by atoms with van der Waals surface area (Å²) in [5, 5.41) is 0.0771. The Labute approximate surface area is 110 Å². The molecule has 1 aromatic carbocycles. The van der Waals surface area contributed by atoms with Gasteiger partial charge in [0.15, 0.2) is 0 Å². The van der Waals surface area contributed by atoms with Crippen molar-refractivity contribution in [3.63, 3.8) is 0 Å². The first-order valence-electron chi connectivity index (χ1n) is 5.07. The third-order valence-electron chi connectivity index (χ3n) is 2.27. The first-order valence-corrected chi connectivity index (χ1v) is 6.93. The molecule has 0 aliphatic carbocycles. The predicted molar refractivity (Wildman–Crippen MR) is 69.6 cm³/mol. The number of nitrogens with one attached hydrogen (secondary N) is 1. The number of anilines is 1. The van der Waals surface area contributed by atoms with Crippen LogP contribution in [-0.4, -0.2) is 20.9 Å². The number of hydrogen-bond acceptors (Lipinski definition) is 4. The number of amides is 1. The lowest BCUT2D eigenvalue weighted by Crippen LogP contribution is -2.28. The van der Waals surface area contributed by atoms with Crippen molar-refractivity contribution < 1.29 is 13.2 Å². The summed E-state index contributed by atoms with van der Waals surface area (Å²) in [6.45, 7) is 1.64. The molecule has 0 heterocycles. The van der Waals surface area contributed by atoms with E-state index < -0.39 is 15.9 Å². The molecule has 0 bridgehead atoms. The van der Waals surface area contributed by atoms with E-state index in [4.69, 9.17) is 23.1 Å². The molecule has 0 aliphatic heterocycles. The lowest BCUT2D eigenvalue weighted by molar-refractivity contribution is -0.117. The molecule has 0 unspecified atom stereocenters. The highest BCUT2D eigenvalue weighted by molar-refractivity contribution is 7.89. The molecule has 0 spiro atoms. The molecule has 1 amide bonds. The first-order chi connectivity index (χ1) is 8.24. The number of rotatable bonds is 5. The van der Waals surface area contributed by atoms with Gasteiger partial charge in [0.2, 0.25) is 15.9 Å². The average Bonchev–Trinajstić information content (AvgIpc) is 2.22. The largest absolute Gasteiger partial charge is 0.398 e. The van der Waals surface area contributed by atoms with Gasteiger partial charge in [-0.15, -0.1) is 0 Å². The number of carbonyl (C=O) groups excluding carboxylic acids is 1. The molecule has 0 saturated heterocycles. The van der Waals surface area contributed by atoms with E-state index in [1.807, 2.05) is 0 Å². The zero-order valence-corrected chi connectivity index (χ0v) is 11.3. The van der Waals surface area contributed by atoms with Gasteiger partial charge in [0.25, 0.3) is 0 Å². The van der Waals surface area contributed by atoms with Crippen LogP contribution in [0.2, 0.25) is 5.02 Å². The summed E-state index contributed by atoms with van der Waals surface area (Å²) in [5.41, 5.74) is 11.6. The van der Waals surface area contributed by atoms with E-state index >= 15 is 0 Å². The minimum atomic E-state index is -3.80.